The molecule has 1 amide bonds. The molecule has 1 aromatic carbocycles. The van der Waals surface area contributed by atoms with Gasteiger partial charge in [-0.15, -0.1) is 0 Å². The topological polar surface area (TPSA) is 89.7 Å². The van der Waals surface area contributed by atoms with Crippen molar-refractivity contribution >= 4 is 15.7 Å². The molecule has 21 heavy (non-hydrogen) atoms. The van der Waals surface area contributed by atoms with Crippen molar-refractivity contribution in [1.82, 2.24) is 4.90 Å². The summed E-state index contributed by atoms with van der Waals surface area (Å²) in [5.41, 5.74) is 6.05. The molecule has 1 saturated heterocycles. The van der Waals surface area contributed by atoms with E-state index >= 15 is 0 Å². The number of carbonyl (C=O) groups is 1. The van der Waals surface area contributed by atoms with E-state index in [-0.39, 0.29) is 22.9 Å². The summed E-state index contributed by atoms with van der Waals surface area (Å²) >= 11 is 0. The number of hydrogen-bond donors (Lipinski definition) is 1. The van der Waals surface area contributed by atoms with Gasteiger partial charge in [0.25, 0.3) is 5.91 Å². The summed E-state index contributed by atoms with van der Waals surface area (Å²) in [4.78, 5) is 14.4. The molecule has 0 radical (unpaired) electrons. The van der Waals surface area contributed by atoms with Gasteiger partial charge in [-0.25, -0.2) is 8.42 Å². The SMILES string of the molecule is CC1COC(CN)CN1C(=O)c1ccc(S(C)(=O)=O)cc1. The highest BCUT2D eigenvalue weighted by molar-refractivity contribution is 7.90. The highest BCUT2D eigenvalue weighted by Crippen LogP contribution is 2.17. The first kappa shape index (κ1) is 15.9. The molecule has 0 spiro atoms. The van der Waals surface area contributed by atoms with Crippen LogP contribution in [-0.2, 0) is 14.6 Å². The molecule has 7 heteroatoms. The molecule has 116 valence electrons. The molecule has 1 aromatic rings. The molecule has 2 N–H and O–H groups in total. The van der Waals surface area contributed by atoms with Crippen molar-refractivity contribution in [1.29, 1.82) is 0 Å². The first-order valence-corrected chi connectivity index (χ1v) is 8.65. The van der Waals surface area contributed by atoms with Gasteiger partial charge < -0.3 is 15.4 Å². The molecular weight excluding hydrogens is 292 g/mol. The van der Waals surface area contributed by atoms with Crippen molar-refractivity contribution in [2.24, 2.45) is 5.73 Å². The van der Waals surface area contributed by atoms with Crippen molar-refractivity contribution in [2.75, 3.05) is 26.0 Å². The monoisotopic (exact) mass is 312 g/mol. The van der Waals surface area contributed by atoms with Crippen molar-refractivity contribution < 1.29 is 17.9 Å². The van der Waals surface area contributed by atoms with Crippen LogP contribution in [0.15, 0.2) is 29.2 Å². The van der Waals surface area contributed by atoms with Gasteiger partial charge in [-0.2, -0.15) is 0 Å². The van der Waals surface area contributed by atoms with Gasteiger partial charge in [-0.1, -0.05) is 0 Å². The van der Waals surface area contributed by atoms with Crippen LogP contribution in [0.4, 0.5) is 0 Å². The van der Waals surface area contributed by atoms with Gasteiger partial charge in [0.05, 0.1) is 23.6 Å². The number of nitrogens with zero attached hydrogens (tertiary/aromatic N) is 1. The van der Waals surface area contributed by atoms with Crippen LogP contribution in [0.25, 0.3) is 0 Å². The van der Waals surface area contributed by atoms with E-state index in [2.05, 4.69) is 0 Å². The van der Waals surface area contributed by atoms with Crippen molar-refractivity contribution in [3.05, 3.63) is 29.8 Å². The molecule has 0 aromatic heterocycles. The first-order valence-electron chi connectivity index (χ1n) is 6.75. The van der Waals surface area contributed by atoms with E-state index in [4.69, 9.17) is 10.5 Å². The highest BCUT2D eigenvalue weighted by atomic mass is 32.2. The minimum absolute atomic E-state index is 0.0325. The summed E-state index contributed by atoms with van der Waals surface area (Å²) in [5, 5.41) is 0. The second kappa shape index (κ2) is 6.13. The van der Waals surface area contributed by atoms with Crippen molar-refractivity contribution in [3.8, 4) is 0 Å². The third kappa shape index (κ3) is 3.61. The normalized spacial score (nSPS) is 23.1. The predicted molar refractivity (Wildman–Crippen MR) is 78.8 cm³/mol. The fourth-order valence-electron chi connectivity index (χ4n) is 2.25. The summed E-state index contributed by atoms with van der Waals surface area (Å²) in [6.07, 6.45) is 0.986. The van der Waals surface area contributed by atoms with E-state index in [1.54, 1.807) is 17.0 Å². The van der Waals surface area contributed by atoms with Gasteiger partial charge in [0, 0.05) is 24.9 Å². The predicted octanol–water partition coefficient (Wildman–Crippen LogP) is 0.278. The van der Waals surface area contributed by atoms with Crippen LogP contribution >= 0.6 is 0 Å². The van der Waals surface area contributed by atoms with Crippen LogP contribution in [0.1, 0.15) is 17.3 Å². The van der Waals surface area contributed by atoms with Crippen LogP contribution in [-0.4, -0.2) is 57.3 Å². The fraction of sp³-hybridized carbons (Fsp3) is 0.500. The third-order valence-corrected chi connectivity index (χ3v) is 4.69. The van der Waals surface area contributed by atoms with E-state index < -0.39 is 9.84 Å². The van der Waals surface area contributed by atoms with Gasteiger partial charge in [-0.05, 0) is 31.2 Å². The lowest BCUT2D eigenvalue weighted by Gasteiger charge is -2.37. The van der Waals surface area contributed by atoms with Gasteiger partial charge in [0.1, 0.15) is 0 Å². The van der Waals surface area contributed by atoms with Gasteiger partial charge in [0.15, 0.2) is 9.84 Å². The zero-order valence-corrected chi connectivity index (χ0v) is 13.0. The highest BCUT2D eigenvalue weighted by Gasteiger charge is 2.29. The number of amides is 1. The number of ether oxygens (including phenoxy) is 1. The molecule has 0 bridgehead atoms. The maximum absolute atomic E-state index is 12.5. The number of rotatable bonds is 3. The Kier molecular flexibility index (Phi) is 4.65. The van der Waals surface area contributed by atoms with Crippen LogP contribution in [0.5, 0.6) is 0 Å². The lowest BCUT2D eigenvalue weighted by molar-refractivity contribution is -0.0426. The standard InChI is InChI=1S/C14H20N2O4S/c1-10-9-20-12(7-15)8-16(10)14(17)11-3-5-13(6-4-11)21(2,18)19/h3-6,10,12H,7-9,15H2,1-2H3. The van der Waals surface area contributed by atoms with E-state index in [1.165, 1.54) is 12.1 Å². The summed E-state index contributed by atoms with van der Waals surface area (Å²) < 4.78 is 28.4. The Morgan fingerprint density at radius 3 is 2.52 bits per heavy atom. The lowest BCUT2D eigenvalue weighted by atomic mass is 10.1. The summed E-state index contributed by atoms with van der Waals surface area (Å²) in [5.74, 6) is -0.135. The van der Waals surface area contributed by atoms with Crippen molar-refractivity contribution in [3.63, 3.8) is 0 Å². The van der Waals surface area contributed by atoms with E-state index in [1.807, 2.05) is 6.92 Å². The number of nitrogens with two attached hydrogens (primary N) is 1. The Hall–Kier alpha value is -1.44. The zero-order chi connectivity index (χ0) is 15.6. The quantitative estimate of drug-likeness (QED) is 0.866. The molecule has 2 atom stereocenters. The lowest BCUT2D eigenvalue weighted by Crippen LogP contribution is -2.52. The minimum Gasteiger partial charge on any atom is -0.373 e. The fourth-order valence-corrected chi connectivity index (χ4v) is 2.88. The van der Waals surface area contributed by atoms with Crippen LogP contribution < -0.4 is 5.73 Å². The molecule has 0 saturated carbocycles. The second-order valence-corrected chi connectivity index (χ2v) is 7.31. The second-order valence-electron chi connectivity index (χ2n) is 5.29. The largest absolute Gasteiger partial charge is 0.373 e. The Labute approximate surface area is 124 Å². The Bertz CT molecular complexity index is 612. The van der Waals surface area contributed by atoms with Gasteiger partial charge in [-0.3, -0.25) is 4.79 Å². The molecule has 0 aliphatic carbocycles. The van der Waals surface area contributed by atoms with Crippen LogP contribution in [0.2, 0.25) is 0 Å². The zero-order valence-electron chi connectivity index (χ0n) is 12.2. The molecular formula is C14H20N2O4S. The molecule has 2 unspecified atom stereocenters. The van der Waals surface area contributed by atoms with Gasteiger partial charge in [0.2, 0.25) is 0 Å². The number of benzene rings is 1. The summed E-state index contributed by atoms with van der Waals surface area (Å²) in [6, 6.07) is 5.95. The summed E-state index contributed by atoms with van der Waals surface area (Å²) in [7, 11) is -3.26. The average molecular weight is 312 g/mol. The van der Waals surface area contributed by atoms with Crippen LogP contribution in [0, 0.1) is 0 Å². The minimum atomic E-state index is -3.26. The van der Waals surface area contributed by atoms with E-state index in [9.17, 15) is 13.2 Å². The Morgan fingerprint density at radius 1 is 1.38 bits per heavy atom. The smallest absolute Gasteiger partial charge is 0.254 e. The number of carbonyl (C=O) groups excluding carboxylic acids is 1. The van der Waals surface area contributed by atoms with Gasteiger partial charge >= 0.3 is 0 Å². The molecule has 1 fully saturated rings. The van der Waals surface area contributed by atoms with Crippen molar-refractivity contribution in [2.45, 2.75) is 24.0 Å². The number of morpholine rings is 1. The average Bonchev–Trinajstić information content (AvgIpc) is 2.46. The van der Waals surface area contributed by atoms with Crippen LogP contribution in [0.3, 0.4) is 0 Å². The molecule has 1 aliphatic heterocycles. The molecule has 2 rings (SSSR count). The molecule has 1 heterocycles. The Morgan fingerprint density at radius 2 is 2.00 bits per heavy atom. The van der Waals surface area contributed by atoms with E-state index in [0.717, 1.165) is 6.26 Å². The first-order chi connectivity index (χ1) is 9.82. The maximum atomic E-state index is 12.5. The molecule has 1 aliphatic rings. The maximum Gasteiger partial charge on any atom is 0.254 e. The third-order valence-electron chi connectivity index (χ3n) is 3.56. The number of hydrogen-bond acceptors (Lipinski definition) is 5. The molecule has 6 nitrogen and oxygen atoms in total. The Balaban J connectivity index is 2.19. The summed E-state index contributed by atoms with van der Waals surface area (Å²) in [6.45, 7) is 3.18. The number of sulfone groups is 1. The van der Waals surface area contributed by atoms with E-state index in [0.29, 0.717) is 25.3 Å².